The second-order valence-corrected chi connectivity index (χ2v) is 7.11. The highest BCUT2D eigenvalue weighted by molar-refractivity contribution is 6.30. The summed E-state index contributed by atoms with van der Waals surface area (Å²) in [5, 5.41) is 15.5. The van der Waals surface area contributed by atoms with Crippen LogP contribution in [0.15, 0.2) is 60.0 Å². The number of hydrogen-bond donors (Lipinski definition) is 1. The summed E-state index contributed by atoms with van der Waals surface area (Å²) in [6, 6.07) is 12.5. The van der Waals surface area contributed by atoms with Gasteiger partial charge >= 0.3 is 5.97 Å². The Balaban J connectivity index is 1.73. The van der Waals surface area contributed by atoms with Crippen molar-refractivity contribution in [3.8, 4) is 0 Å². The molecule has 4 rings (SSSR count). The summed E-state index contributed by atoms with van der Waals surface area (Å²) in [5.74, 6) is -1.37. The van der Waals surface area contributed by atoms with Crippen LogP contribution in [-0.4, -0.2) is 37.7 Å². The van der Waals surface area contributed by atoms with Crippen molar-refractivity contribution in [1.82, 2.24) is 15.0 Å². The van der Waals surface area contributed by atoms with Crippen molar-refractivity contribution in [2.24, 2.45) is 5.10 Å². The highest BCUT2D eigenvalue weighted by atomic mass is 35.5. The zero-order valence-electron chi connectivity index (χ0n) is 15.3. The third-order valence-corrected chi connectivity index (χ3v) is 5.04. The zero-order valence-corrected chi connectivity index (χ0v) is 16.1. The number of fused-ring (bicyclic) bond motifs is 1. The molecule has 2 aromatic carbocycles. The number of aromatic nitrogens is 2. The van der Waals surface area contributed by atoms with Crippen LogP contribution in [0.4, 0.5) is 0 Å². The molecule has 0 saturated heterocycles. The molecule has 1 amide bonds. The molecule has 1 aliphatic heterocycles. The molecule has 1 atom stereocenters. The molecule has 0 unspecified atom stereocenters. The fraction of sp³-hybridized carbons (Fsp3) is 0.190. The largest absolute Gasteiger partial charge is 0.481 e. The standard InChI is InChI=1S/C21H17ClN4O3/c22-14-6-4-13(5-7-14)17-12-18(26(25-17)19(27)8-9-20(28)29)15-2-1-3-16-21(15)24-11-10-23-16/h1-7,10-11,18H,8-9,12H2,(H,28,29)/t18-/m0/s1. The van der Waals surface area contributed by atoms with E-state index in [9.17, 15) is 9.59 Å². The summed E-state index contributed by atoms with van der Waals surface area (Å²) in [6.07, 6.45) is 3.34. The molecule has 0 bridgehead atoms. The number of benzene rings is 2. The van der Waals surface area contributed by atoms with Crippen LogP contribution in [0.25, 0.3) is 11.0 Å². The predicted molar refractivity (Wildman–Crippen MR) is 109 cm³/mol. The lowest BCUT2D eigenvalue weighted by molar-refractivity contribution is -0.141. The molecule has 0 fully saturated rings. The Morgan fingerprint density at radius 1 is 1.07 bits per heavy atom. The number of hydrazone groups is 1. The molecule has 0 spiro atoms. The lowest BCUT2D eigenvalue weighted by Gasteiger charge is -2.22. The number of rotatable bonds is 5. The third kappa shape index (κ3) is 3.95. The van der Waals surface area contributed by atoms with Gasteiger partial charge in [-0.05, 0) is 23.8 Å². The van der Waals surface area contributed by atoms with Gasteiger partial charge in [0.15, 0.2) is 0 Å². The maximum atomic E-state index is 12.8. The van der Waals surface area contributed by atoms with Gasteiger partial charge < -0.3 is 5.11 Å². The maximum Gasteiger partial charge on any atom is 0.303 e. The molecule has 1 aliphatic rings. The average Bonchev–Trinajstić information content (AvgIpc) is 3.17. The van der Waals surface area contributed by atoms with E-state index in [0.29, 0.717) is 17.0 Å². The van der Waals surface area contributed by atoms with Gasteiger partial charge in [-0.15, -0.1) is 0 Å². The fourth-order valence-corrected chi connectivity index (χ4v) is 3.54. The van der Waals surface area contributed by atoms with Gasteiger partial charge in [0.05, 0.1) is 29.2 Å². The van der Waals surface area contributed by atoms with Crippen LogP contribution in [0.3, 0.4) is 0 Å². The number of hydrogen-bond acceptors (Lipinski definition) is 5. The van der Waals surface area contributed by atoms with Crippen molar-refractivity contribution >= 4 is 40.2 Å². The minimum Gasteiger partial charge on any atom is -0.481 e. The molecule has 8 heteroatoms. The number of nitrogens with zero attached hydrogens (tertiary/aromatic N) is 4. The molecule has 0 radical (unpaired) electrons. The summed E-state index contributed by atoms with van der Waals surface area (Å²) in [7, 11) is 0. The molecule has 146 valence electrons. The number of halogens is 1. The second kappa shape index (κ2) is 7.97. The maximum absolute atomic E-state index is 12.8. The molecule has 0 saturated carbocycles. The predicted octanol–water partition coefficient (Wildman–Crippen LogP) is 3.83. The molecule has 3 aromatic rings. The van der Waals surface area contributed by atoms with E-state index < -0.39 is 5.97 Å². The highest BCUT2D eigenvalue weighted by Crippen LogP contribution is 2.36. The van der Waals surface area contributed by atoms with Gasteiger partial charge in [-0.2, -0.15) is 5.10 Å². The Bertz CT molecular complexity index is 1110. The van der Waals surface area contributed by atoms with Crippen molar-refractivity contribution in [2.45, 2.75) is 25.3 Å². The van der Waals surface area contributed by atoms with Gasteiger partial charge in [-0.1, -0.05) is 35.9 Å². The number of para-hydroxylation sites is 1. The second-order valence-electron chi connectivity index (χ2n) is 6.68. The summed E-state index contributed by atoms with van der Waals surface area (Å²) < 4.78 is 0. The SMILES string of the molecule is O=C(O)CCC(=O)N1N=C(c2ccc(Cl)cc2)C[C@H]1c1cccc2nccnc12. The molecule has 7 nitrogen and oxygen atoms in total. The molecule has 2 heterocycles. The third-order valence-electron chi connectivity index (χ3n) is 4.78. The summed E-state index contributed by atoms with van der Waals surface area (Å²) in [5.41, 5.74) is 3.84. The molecule has 0 aliphatic carbocycles. The number of carbonyl (C=O) groups excluding carboxylic acids is 1. The van der Waals surface area contributed by atoms with Crippen LogP contribution in [0, 0.1) is 0 Å². The Hall–Kier alpha value is -3.32. The average molecular weight is 409 g/mol. The van der Waals surface area contributed by atoms with Gasteiger partial charge in [0, 0.05) is 35.8 Å². The summed E-state index contributed by atoms with van der Waals surface area (Å²) >= 11 is 5.98. The van der Waals surface area contributed by atoms with Crippen molar-refractivity contribution < 1.29 is 14.7 Å². The number of carbonyl (C=O) groups is 2. The Labute approximate surface area is 171 Å². The van der Waals surface area contributed by atoms with E-state index in [-0.39, 0.29) is 24.8 Å². The molecule has 1 N–H and O–H groups in total. The van der Waals surface area contributed by atoms with Gasteiger partial charge in [0.2, 0.25) is 5.91 Å². The molecule has 29 heavy (non-hydrogen) atoms. The van der Waals surface area contributed by atoms with Crippen molar-refractivity contribution in [3.63, 3.8) is 0 Å². The quantitative estimate of drug-likeness (QED) is 0.692. The Morgan fingerprint density at radius 2 is 1.83 bits per heavy atom. The first kappa shape index (κ1) is 19.0. The zero-order chi connectivity index (χ0) is 20.4. The van der Waals surface area contributed by atoms with E-state index in [1.807, 2.05) is 30.3 Å². The van der Waals surface area contributed by atoms with Gasteiger partial charge in [0.25, 0.3) is 0 Å². The van der Waals surface area contributed by atoms with Crippen molar-refractivity contribution in [3.05, 3.63) is 71.0 Å². The monoisotopic (exact) mass is 408 g/mol. The Kier molecular flexibility index (Phi) is 5.22. The first-order valence-corrected chi connectivity index (χ1v) is 9.47. The summed E-state index contributed by atoms with van der Waals surface area (Å²) in [4.78, 5) is 32.5. The number of aliphatic carboxylic acids is 1. The summed E-state index contributed by atoms with van der Waals surface area (Å²) in [6.45, 7) is 0. The molecular formula is C21H17ClN4O3. The van der Waals surface area contributed by atoms with Crippen molar-refractivity contribution in [2.75, 3.05) is 0 Å². The van der Waals surface area contributed by atoms with Crippen LogP contribution in [0.2, 0.25) is 5.02 Å². The molecule has 1 aromatic heterocycles. The van der Waals surface area contributed by atoms with Crippen LogP contribution in [0.1, 0.15) is 36.4 Å². The molecular weight excluding hydrogens is 392 g/mol. The fourth-order valence-electron chi connectivity index (χ4n) is 3.41. The van der Waals surface area contributed by atoms with Crippen LogP contribution in [-0.2, 0) is 9.59 Å². The van der Waals surface area contributed by atoms with Crippen LogP contribution >= 0.6 is 11.6 Å². The van der Waals surface area contributed by atoms with Gasteiger partial charge in [0.1, 0.15) is 0 Å². The van der Waals surface area contributed by atoms with E-state index in [4.69, 9.17) is 16.7 Å². The van der Waals surface area contributed by atoms with E-state index in [1.165, 1.54) is 5.01 Å². The topological polar surface area (TPSA) is 95.8 Å². The van der Waals surface area contributed by atoms with Crippen LogP contribution < -0.4 is 0 Å². The highest BCUT2D eigenvalue weighted by Gasteiger charge is 2.34. The lowest BCUT2D eigenvalue weighted by atomic mass is 9.97. The Morgan fingerprint density at radius 3 is 2.59 bits per heavy atom. The van der Waals surface area contributed by atoms with Gasteiger partial charge in [-0.25, -0.2) is 5.01 Å². The number of carboxylic acids is 1. The minimum atomic E-state index is -1.02. The van der Waals surface area contributed by atoms with E-state index in [0.717, 1.165) is 22.4 Å². The van der Waals surface area contributed by atoms with E-state index in [1.54, 1.807) is 24.5 Å². The van der Waals surface area contributed by atoms with Gasteiger partial charge in [-0.3, -0.25) is 19.6 Å². The first-order valence-electron chi connectivity index (χ1n) is 9.10. The van der Waals surface area contributed by atoms with E-state index in [2.05, 4.69) is 15.1 Å². The first-order chi connectivity index (χ1) is 14.0. The number of amides is 1. The smallest absolute Gasteiger partial charge is 0.303 e. The van der Waals surface area contributed by atoms with E-state index >= 15 is 0 Å². The normalized spacial score (nSPS) is 16.1. The van der Waals surface area contributed by atoms with Crippen LogP contribution in [0.5, 0.6) is 0 Å². The number of carboxylic acid groups (broad SMARTS) is 1. The van der Waals surface area contributed by atoms with Crippen molar-refractivity contribution in [1.29, 1.82) is 0 Å². The lowest BCUT2D eigenvalue weighted by Crippen LogP contribution is -2.27. The minimum absolute atomic E-state index is 0.125.